The van der Waals surface area contributed by atoms with Crippen LogP contribution in [0.25, 0.3) is 0 Å². The second-order valence-corrected chi connectivity index (χ2v) is 6.58. The Morgan fingerprint density at radius 1 is 1.63 bits per heavy atom. The molecular weight excluding hydrogens is 276 g/mol. The molecule has 3 N–H and O–H groups in total. The molecule has 2 rings (SSSR count). The fourth-order valence-electron chi connectivity index (χ4n) is 2.43. The Kier molecular flexibility index (Phi) is 4.97. The molecule has 0 aromatic carbocycles. The number of nitrogens with zero attached hydrogens (tertiary/aromatic N) is 2. The first-order valence-electron chi connectivity index (χ1n) is 6.52. The first-order valence-corrected chi connectivity index (χ1v) is 8.56. The van der Waals surface area contributed by atoms with Crippen molar-refractivity contribution in [1.82, 2.24) is 4.90 Å². The second-order valence-electron chi connectivity index (χ2n) is 4.75. The Morgan fingerprint density at radius 2 is 2.42 bits per heavy atom. The van der Waals surface area contributed by atoms with Gasteiger partial charge in [0.15, 0.2) is 0 Å². The van der Waals surface area contributed by atoms with Crippen LogP contribution in [0.15, 0.2) is 4.90 Å². The van der Waals surface area contributed by atoms with Crippen molar-refractivity contribution < 1.29 is 0 Å². The molecule has 0 radical (unpaired) electrons. The summed E-state index contributed by atoms with van der Waals surface area (Å²) in [5.74, 6) is 0.698. The molecule has 0 aliphatic carbocycles. The normalized spacial score (nSPS) is 19.5. The van der Waals surface area contributed by atoms with E-state index < -0.39 is 0 Å². The molecule has 1 aromatic rings. The summed E-state index contributed by atoms with van der Waals surface area (Å²) in [6.45, 7) is 6.69. The van der Waals surface area contributed by atoms with Crippen molar-refractivity contribution in [2.75, 3.05) is 43.5 Å². The van der Waals surface area contributed by atoms with Crippen molar-refractivity contribution in [3.05, 3.63) is 4.88 Å². The lowest BCUT2D eigenvalue weighted by atomic mass is 10.1. The van der Waals surface area contributed by atoms with Crippen LogP contribution in [0.4, 0.5) is 10.7 Å². The number of thiophene rings is 1. The van der Waals surface area contributed by atoms with Crippen LogP contribution in [-0.2, 0) is 0 Å². The molecule has 4 nitrogen and oxygen atoms in total. The van der Waals surface area contributed by atoms with E-state index in [2.05, 4.69) is 23.2 Å². The van der Waals surface area contributed by atoms with Crippen LogP contribution in [-0.4, -0.2) is 37.3 Å². The molecule has 1 aliphatic heterocycles. The van der Waals surface area contributed by atoms with Gasteiger partial charge in [0.25, 0.3) is 0 Å². The number of likely N-dealkylation sites (tertiary alicyclic amines) is 1. The Hall–Kier alpha value is -0.900. The molecule has 19 heavy (non-hydrogen) atoms. The summed E-state index contributed by atoms with van der Waals surface area (Å²) in [4.78, 5) is 4.12. The van der Waals surface area contributed by atoms with Gasteiger partial charge in [-0.25, -0.2) is 0 Å². The molecule has 104 valence electrons. The third kappa shape index (κ3) is 3.16. The van der Waals surface area contributed by atoms with E-state index in [9.17, 15) is 0 Å². The number of nitrogen functional groups attached to an aromatic ring is 1. The molecule has 0 bridgehead atoms. The van der Waals surface area contributed by atoms with Crippen LogP contribution in [0.2, 0.25) is 0 Å². The van der Waals surface area contributed by atoms with Gasteiger partial charge in [0.1, 0.15) is 15.9 Å². The molecular formula is C13H20N4S2. The van der Waals surface area contributed by atoms with Crippen LogP contribution in [0.5, 0.6) is 0 Å². The summed E-state index contributed by atoms with van der Waals surface area (Å²) in [6, 6.07) is 2.17. The van der Waals surface area contributed by atoms with Gasteiger partial charge in [-0.1, -0.05) is 6.92 Å². The molecule has 2 heterocycles. The van der Waals surface area contributed by atoms with E-state index >= 15 is 0 Å². The molecule has 1 aromatic heterocycles. The van der Waals surface area contributed by atoms with Crippen molar-refractivity contribution in [1.29, 1.82) is 5.26 Å². The van der Waals surface area contributed by atoms with Crippen LogP contribution >= 0.6 is 23.1 Å². The Balaban J connectivity index is 1.98. The van der Waals surface area contributed by atoms with E-state index in [1.165, 1.54) is 30.8 Å². The number of nitriles is 1. The maximum absolute atomic E-state index is 9.03. The third-order valence-electron chi connectivity index (χ3n) is 3.57. The second kappa shape index (κ2) is 6.51. The van der Waals surface area contributed by atoms with Crippen LogP contribution in [0, 0.1) is 17.2 Å². The maximum Gasteiger partial charge on any atom is 0.131 e. The van der Waals surface area contributed by atoms with Gasteiger partial charge in [0, 0.05) is 13.1 Å². The molecule has 1 unspecified atom stereocenters. The number of nitrogens with one attached hydrogen (secondary N) is 1. The summed E-state index contributed by atoms with van der Waals surface area (Å²) >= 11 is 3.08. The lowest BCUT2D eigenvalue weighted by molar-refractivity contribution is 0.345. The van der Waals surface area contributed by atoms with E-state index in [4.69, 9.17) is 11.0 Å². The van der Waals surface area contributed by atoms with Crippen molar-refractivity contribution in [3.63, 3.8) is 0 Å². The SMILES string of the molecule is CCN1CCC(CNc2sc(C#N)c(N)c2SC)C1. The average molecular weight is 296 g/mol. The first kappa shape index (κ1) is 14.5. The summed E-state index contributed by atoms with van der Waals surface area (Å²) in [6.07, 6.45) is 3.25. The Morgan fingerprint density at radius 3 is 3.00 bits per heavy atom. The first-order chi connectivity index (χ1) is 9.19. The number of rotatable bonds is 5. The van der Waals surface area contributed by atoms with Crippen molar-refractivity contribution in [3.8, 4) is 6.07 Å². The number of hydrogen-bond acceptors (Lipinski definition) is 6. The summed E-state index contributed by atoms with van der Waals surface area (Å²) < 4.78 is 0. The van der Waals surface area contributed by atoms with Crippen molar-refractivity contribution >= 4 is 33.8 Å². The van der Waals surface area contributed by atoms with Crippen LogP contribution in [0.1, 0.15) is 18.2 Å². The topological polar surface area (TPSA) is 65.1 Å². The minimum atomic E-state index is 0.619. The number of anilines is 2. The average Bonchev–Trinajstić information content (AvgIpc) is 3.00. The number of thioether (sulfide) groups is 1. The van der Waals surface area contributed by atoms with E-state index in [1.54, 1.807) is 11.8 Å². The zero-order valence-electron chi connectivity index (χ0n) is 11.4. The van der Waals surface area contributed by atoms with Gasteiger partial charge in [0.2, 0.25) is 0 Å². The van der Waals surface area contributed by atoms with Crippen molar-refractivity contribution in [2.24, 2.45) is 5.92 Å². The Labute approximate surface area is 123 Å². The van der Waals surface area contributed by atoms with Gasteiger partial charge >= 0.3 is 0 Å². The molecule has 0 amide bonds. The highest BCUT2D eigenvalue weighted by atomic mass is 32.2. The molecule has 1 saturated heterocycles. The van der Waals surface area contributed by atoms with E-state index in [-0.39, 0.29) is 0 Å². The van der Waals surface area contributed by atoms with Crippen LogP contribution < -0.4 is 11.1 Å². The minimum Gasteiger partial charge on any atom is -0.396 e. The lowest BCUT2D eigenvalue weighted by Crippen LogP contribution is -2.22. The van der Waals surface area contributed by atoms with E-state index in [0.717, 1.165) is 23.0 Å². The zero-order chi connectivity index (χ0) is 13.8. The third-order valence-corrected chi connectivity index (χ3v) is 5.60. The highest BCUT2D eigenvalue weighted by molar-refractivity contribution is 7.99. The molecule has 6 heteroatoms. The standard InChI is InChI=1S/C13H20N4S2/c1-3-17-5-4-9(8-17)7-16-13-12(18-2)11(15)10(6-14)19-13/h9,16H,3-5,7-8,15H2,1-2H3. The number of nitrogens with two attached hydrogens (primary N) is 1. The van der Waals surface area contributed by atoms with Gasteiger partial charge < -0.3 is 16.0 Å². The molecule has 1 fully saturated rings. The monoisotopic (exact) mass is 296 g/mol. The van der Waals surface area contributed by atoms with Gasteiger partial charge in [-0.3, -0.25) is 0 Å². The molecule has 1 atom stereocenters. The highest BCUT2D eigenvalue weighted by Crippen LogP contribution is 2.41. The summed E-state index contributed by atoms with van der Waals surface area (Å²) in [5.41, 5.74) is 6.60. The van der Waals surface area contributed by atoms with E-state index in [1.807, 2.05) is 6.26 Å². The van der Waals surface area contributed by atoms with Gasteiger partial charge in [0.05, 0.1) is 10.6 Å². The number of hydrogen-bond donors (Lipinski definition) is 2. The van der Waals surface area contributed by atoms with Gasteiger partial charge in [-0.05, 0) is 31.7 Å². The van der Waals surface area contributed by atoms with Crippen LogP contribution in [0.3, 0.4) is 0 Å². The molecule has 1 aliphatic rings. The largest absolute Gasteiger partial charge is 0.396 e. The smallest absolute Gasteiger partial charge is 0.131 e. The highest BCUT2D eigenvalue weighted by Gasteiger charge is 2.22. The maximum atomic E-state index is 9.03. The fourth-order valence-corrected chi connectivity index (χ4v) is 4.27. The Bertz CT molecular complexity index is 478. The molecule has 0 spiro atoms. The van der Waals surface area contributed by atoms with Gasteiger partial charge in [-0.15, -0.1) is 23.1 Å². The predicted octanol–water partition coefficient (Wildman–Crippen LogP) is 2.68. The van der Waals surface area contributed by atoms with Crippen molar-refractivity contribution in [2.45, 2.75) is 18.2 Å². The zero-order valence-corrected chi connectivity index (χ0v) is 13.0. The fraction of sp³-hybridized carbons (Fsp3) is 0.615. The molecule has 0 saturated carbocycles. The lowest BCUT2D eigenvalue weighted by Gasteiger charge is -2.14. The van der Waals surface area contributed by atoms with Gasteiger partial charge in [-0.2, -0.15) is 5.26 Å². The predicted molar refractivity (Wildman–Crippen MR) is 83.9 cm³/mol. The quantitative estimate of drug-likeness (QED) is 0.818. The van der Waals surface area contributed by atoms with E-state index in [0.29, 0.717) is 16.5 Å². The summed E-state index contributed by atoms with van der Waals surface area (Å²) in [5, 5.41) is 13.6. The minimum absolute atomic E-state index is 0.619. The summed E-state index contributed by atoms with van der Waals surface area (Å²) in [7, 11) is 0.